The van der Waals surface area contributed by atoms with E-state index in [0.717, 1.165) is 5.56 Å². The zero-order chi connectivity index (χ0) is 17.3. The van der Waals surface area contributed by atoms with Crippen molar-refractivity contribution in [2.45, 2.75) is 6.54 Å². The lowest BCUT2D eigenvalue weighted by Gasteiger charge is -2.07. The Balaban J connectivity index is 2.13. The molecule has 0 saturated carbocycles. The van der Waals surface area contributed by atoms with Crippen molar-refractivity contribution in [3.05, 3.63) is 51.8 Å². The van der Waals surface area contributed by atoms with E-state index in [1.807, 2.05) is 0 Å². The van der Waals surface area contributed by atoms with Gasteiger partial charge in [-0.3, -0.25) is 14.9 Å². The Morgan fingerprint density at radius 2 is 2.17 bits per heavy atom. The van der Waals surface area contributed by atoms with Crippen molar-refractivity contribution in [1.29, 1.82) is 0 Å². The van der Waals surface area contributed by atoms with Gasteiger partial charge in [0.2, 0.25) is 0 Å². The number of ether oxygens (including phenoxy) is 1. The Bertz CT molecular complexity index is 926. The second kappa shape index (κ2) is 6.64. The van der Waals surface area contributed by atoms with Gasteiger partial charge in [0.1, 0.15) is 11.3 Å². The maximum atomic E-state index is 11.9. The minimum Gasteiger partial charge on any atom is -0.495 e. The van der Waals surface area contributed by atoms with Crippen molar-refractivity contribution < 1.29 is 9.53 Å². The molecule has 0 saturated heterocycles. The van der Waals surface area contributed by atoms with Gasteiger partial charge in [0.05, 0.1) is 25.4 Å². The summed E-state index contributed by atoms with van der Waals surface area (Å²) in [5.41, 5.74) is 4.04. The minimum atomic E-state index is -0.529. The summed E-state index contributed by atoms with van der Waals surface area (Å²) in [4.78, 5) is 16.2. The maximum Gasteiger partial charge on any atom is 0.287 e. The highest BCUT2D eigenvalue weighted by molar-refractivity contribution is 6.35. The number of benzene rings is 1. The molecule has 7 nitrogen and oxygen atoms in total. The smallest absolute Gasteiger partial charge is 0.287 e. The SMILES string of the molecule is COc1cnc2c(C(=O)NN)nn(Cc3ccc(Cl)cc3Cl)c2c1. The molecule has 3 N–H and O–H groups in total. The second-order valence-corrected chi connectivity index (χ2v) is 5.80. The predicted octanol–water partition coefficient (Wildman–Crippen LogP) is 2.40. The molecule has 9 heteroatoms. The van der Waals surface area contributed by atoms with E-state index in [-0.39, 0.29) is 5.69 Å². The maximum absolute atomic E-state index is 11.9. The Hall–Kier alpha value is -2.35. The van der Waals surface area contributed by atoms with Crippen molar-refractivity contribution in [3.8, 4) is 5.75 Å². The summed E-state index contributed by atoms with van der Waals surface area (Å²) in [5, 5.41) is 5.36. The molecular weight excluding hydrogens is 353 g/mol. The van der Waals surface area contributed by atoms with Gasteiger partial charge in [-0.2, -0.15) is 5.10 Å². The molecule has 3 rings (SSSR count). The fourth-order valence-electron chi connectivity index (χ4n) is 2.30. The standard InChI is InChI=1S/C15H13Cl2N5O2/c1-24-10-5-12-13(19-6-10)14(15(23)20-18)21-22(12)7-8-2-3-9(16)4-11(8)17/h2-6H,7,18H2,1H3,(H,20,23). The van der Waals surface area contributed by atoms with Crippen molar-refractivity contribution in [2.24, 2.45) is 5.84 Å². The van der Waals surface area contributed by atoms with Crippen LogP contribution in [0.2, 0.25) is 10.0 Å². The largest absolute Gasteiger partial charge is 0.495 e. The van der Waals surface area contributed by atoms with Crippen LogP contribution in [0.1, 0.15) is 16.1 Å². The minimum absolute atomic E-state index is 0.125. The van der Waals surface area contributed by atoms with Gasteiger partial charge in [-0.1, -0.05) is 29.3 Å². The number of nitrogens with zero attached hydrogens (tertiary/aromatic N) is 3. The van der Waals surface area contributed by atoms with Gasteiger partial charge >= 0.3 is 0 Å². The lowest BCUT2D eigenvalue weighted by molar-refractivity contribution is 0.0949. The Morgan fingerprint density at radius 1 is 1.38 bits per heavy atom. The number of fused-ring (bicyclic) bond motifs is 1. The number of nitrogens with two attached hydrogens (primary N) is 1. The number of methoxy groups -OCH3 is 1. The van der Waals surface area contributed by atoms with Gasteiger partial charge in [-0.15, -0.1) is 0 Å². The number of carbonyl (C=O) groups excluding carboxylic acids is 1. The number of hydrogen-bond acceptors (Lipinski definition) is 5. The van der Waals surface area contributed by atoms with E-state index in [2.05, 4.69) is 15.5 Å². The number of hydrazine groups is 1. The number of carbonyl (C=O) groups is 1. The zero-order valence-electron chi connectivity index (χ0n) is 12.6. The Morgan fingerprint density at radius 3 is 2.83 bits per heavy atom. The molecule has 24 heavy (non-hydrogen) atoms. The first-order valence-electron chi connectivity index (χ1n) is 6.89. The molecule has 0 atom stereocenters. The molecule has 0 unspecified atom stereocenters. The monoisotopic (exact) mass is 365 g/mol. The van der Waals surface area contributed by atoms with Crippen LogP contribution in [0.5, 0.6) is 5.75 Å². The number of hydrogen-bond donors (Lipinski definition) is 2. The van der Waals surface area contributed by atoms with E-state index in [1.54, 1.807) is 28.9 Å². The molecule has 1 aromatic carbocycles. The number of aromatic nitrogens is 3. The molecule has 0 aliphatic heterocycles. The Labute approximate surface area is 147 Å². The molecule has 0 fully saturated rings. The quantitative estimate of drug-likeness (QED) is 0.420. The van der Waals surface area contributed by atoms with Crippen LogP contribution in [0.4, 0.5) is 0 Å². The average Bonchev–Trinajstić information content (AvgIpc) is 2.94. The summed E-state index contributed by atoms with van der Waals surface area (Å²) in [6, 6.07) is 6.93. The van der Waals surface area contributed by atoms with E-state index in [9.17, 15) is 4.79 Å². The zero-order valence-corrected chi connectivity index (χ0v) is 14.1. The number of amides is 1. The highest BCUT2D eigenvalue weighted by atomic mass is 35.5. The van der Waals surface area contributed by atoms with Crippen LogP contribution in [-0.2, 0) is 6.54 Å². The van der Waals surface area contributed by atoms with Crippen molar-refractivity contribution >= 4 is 40.1 Å². The first-order valence-corrected chi connectivity index (χ1v) is 7.64. The van der Waals surface area contributed by atoms with E-state index >= 15 is 0 Å². The normalized spacial score (nSPS) is 10.8. The highest BCUT2D eigenvalue weighted by Crippen LogP contribution is 2.25. The highest BCUT2D eigenvalue weighted by Gasteiger charge is 2.19. The molecule has 124 valence electrons. The van der Waals surface area contributed by atoms with Crippen LogP contribution in [0.25, 0.3) is 11.0 Å². The van der Waals surface area contributed by atoms with Gasteiger partial charge in [0.15, 0.2) is 5.69 Å². The molecular formula is C15H13Cl2N5O2. The van der Waals surface area contributed by atoms with E-state index in [0.29, 0.717) is 33.4 Å². The van der Waals surface area contributed by atoms with Crippen LogP contribution in [0, 0.1) is 0 Å². The molecule has 0 aliphatic carbocycles. The lowest BCUT2D eigenvalue weighted by atomic mass is 10.2. The fraction of sp³-hybridized carbons (Fsp3) is 0.133. The van der Waals surface area contributed by atoms with Crippen LogP contribution >= 0.6 is 23.2 Å². The van der Waals surface area contributed by atoms with Crippen molar-refractivity contribution in [2.75, 3.05) is 7.11 Å². The van der Waals surface area contributed by atoms with Gasteiger partial charge in [0, 0.05) is 16.1 Å². The lowest BCUT2D eigenvalue weighted by Crippen LogP contribution is -2.30. The summed E-state index contributed by atoms with van der Waals surface area (Å²) in [5.74, 6) is 5.23. The number of pyridine rings is 1. The molecule has 2 heterocycles. The number of nitrogens with one attached hydrogen (secondary N) is 1. The number of nitrogen functional groups attached to an aromatic ring is 1. The van der Waals surface area contributed by atoms with Crippen molar-refractivity contribution in [3.63, 3.8) is 0 Å². The van der Waals surface area contributed by atoms with Gasteiger partial charge in [-0.25, -0.2) is 10.8 Å². The summed E-state index contributed by atoms with van der Waals surface area (Å²) in [6.45, 7) is 0.333. The molecule has 0 spiro atoms. The first kappa shape index (κ1) is 16.5. The van der Waals surface area contributed by atoms with E-state index < -0.39 is 5.91 Å². The van der Waals surface area contributed by atoms with Gasteiger partial charge in [0.25, 0.3) is 5.91 Å². The number of rotatable bonds is 4. The topological polar surface area (TPSA) is 95.1 Å². The predicted molar refractivity (Wildman–Crippen MR) is 91.3 cm³/mol. The first-order chi connectivity index (χ1) is 11.5. The third kappa shape index (κ3) is 3.01. The fourth-order valence-corrected chi connectivity index (χ4v) is 2.77. The van der Waals surface area contributed by atoms with E-state index in [1.165, 1.54) is 13.3 Å². The van der Waals surface area contributed by atoms with E-state index in [4.69, 9.17) is 33.8 Å². The molecule has 1 amide bonds. The summed E-state index contributed by atoms with van der Waals surface area (Å²) >= 11 is 12.1. The molecule has 0 bridgehead atoms. The van der Waals surface area contributed by atoms with Gasteiger partial charge < -0.3 is 4.74 Å². The van der Waals surface area contributed by atoms with Gasteiger partial charge in [-0.05, 0) is 17.7 Å². The van der Waals surface area contributed by atoms with Crippen molar-refractivity contribution in [1.82, 2.24) is 20.2 Å². The van der Waals surface area contributed by atoms with Crippen LogP contribution < -0.4 is 16.0 Å². The number of halogens is 2. The summed E-state index contributed by atoms with van der Waals surface area (Å²) in [6.07, 6.45) is 1.51. The average molecular weight is 366 g/mol. The van der Waals surface area contributed by atoms with Crippen LogP contribution in [0.15, 0.2) is 30.5 Å². The summed E-state index contributed by atoms with van der Waals surface area (Å²) in [7, 11) is 1.53. The second-order valence-electron chi connectivity index (χ2n) is 4.96. The van der Waals surface area contributed by atoms with Crippen LogP contribution in [-0.4, -0.2) is 27.8 Å². The molecule has 0 radical (unpaired) electrons. The summed E-state index contributed by atoms with van der Waals surface area (Å²) < 4.78 is 6.81. The Kier molecular flexibility index (Phi) is 4.57. The van der Waals surface area contributed by atoms with Crippen LogP contribution in [0.3, 0.4) is 0 Å². The molecule has 0 aliphatic rings. The molecule has 2 aromatic heterocycles. The third-order valence-electron chi connectivity index (χ3n) is 3.48. The third-order valence-corrected chi connectivity index (χ3v) is 4.07. The molecule has 3 aromatic rings.